The van der Waals surface area contributed by atoms with Crippen molar-refractivity contribution in [1.29, 1.82) is 0 Å². The Morgan fingerprint density at radius 1 is 1.30 bits per heavy atom. The molecule has 1 N–H and O–H groups in total. The van der Waals surface area contributed by atoms with Gasteiger partial charge in [0.2, 0.25) is 0 Å². The highest BCUT2D eigenvalue weighted by Crippen LogP contribution is 2.16. The number of hydrogen-bond donors (Lipinski definition) is 1. The molecule has 1 aliphatic rings. The van der Waals surface area contributed by atoms with Gasteiger partial charge in [0.1, 0.15) is 0 Å². The maximum atomic E-state index is 5.93. The molecule has 1 fully saturated rings. The fraction of sp³-hybridized carbons (Fsp3) is 1.00. The number of hydrogen-bond acceptors (Lipinski definition) is 4. The number of ether oxygens (including phenoxy) is 2. The van der Waals surface area contributed by atoms with Crippen molar-refractivity contribution in [1.82, 2.24) is 10.2 Å². The van der Waals surface area contributed by atoms with Crippen molar-refractivity contribution in [2.45, 2.75) is 52.2 Å². The molecular formula is C16H34N2O2. The summed E-state index contributed by atoms with van der Waals surface area (Å²) in [6.45, 7) is 12.6. The third kappa shape index (κ3) is 7.02. The van der Waals surface area contributed by atoms with Gasteiger partial charge in [-0.05, 0) is 38.3 Å². The quantitative estimate of drug-likeness (QED) is 0.667. The molecule has 0 spiro atoms. The van der Waals surface area contributed by atoms with Crippen molar-refractivity contribution in [3.63, 3.8) is 0 Å². The van der Waals surface area contributed by atoms with Gasteiger partial charge in [-0.1, -0.05) is 20.8 Å². The predicted molar refractivity (Wildman–Crippen MR) is 84.2 cm³/mol. The molecule has 120 valence electrons. The number of likely N-dealkylation sites (tertiary alicyclic amines) is 1. The molecule has 0 aromatic heterocycles. The summed E-state index contributed by atoms with van der Waals surface area (Å²) in [5, 5.41) is 3.56. The van der Waals surface area contributed by atoms with Gasteiger partial charge < -0.3 is 14.8 Å². The summed E-state index contributed by atoms with van der Waals surface area (Å²) in [5.41, 5.74) is 0. The molecule has 0 radical (unpaired) electrons. The van der Waals surface area contributed by atoms with Crippen LogP contribution in [0.3, 0.4) is 0 Å². The SMILES string of the molecule is CCCOC1CCCN(C(CNCC(C)C)COC)C1. The highest BCUT2D eigenvalue weighted by molar-refractivity contribution is 4.81. The minimum absolute atomic E-state index is 0.410. The fourth-order valence-electron chi connectivity index (χ4n) is 2.74. The van der Waals surface area contributed by atoms with Crippen molar-refractivity contribution in [2.75, 3.05) is 46.5 Å². The lowest BCUT2D eigenvalue weighted by Gasteiger charge is -2.38. The lowest BCUT2D eigenvalue weighted by atomic mass is 10.1. The van der Waals surface area contributed by atoms with E-state index in [1.54, 1.807) is 7.11 Å². The molecule has 2 atom stereocenters. The molecule has 2 unspecified atom stereocenters. The fourth-order valence-corrected chi connectivity index (χ4v) is 2.74. The number of nitrogens with zero attached hydrogens (tertiary/aromatic N) is 1. The molecule has 4 nitrogen and oxygen atoms in total. The van der Waals surface area contributed by atoms with E-state index >= 15 is 0 Å². The van der Waals surface area contributed by atoms with Gasteiger partial charge in [-0.15, -0.1) is 0 Å². The van der Waals surface area contributed by atoms with E-state index in [0.717, 1.165) is 39.3 Å². The molecule has 0 bridgehead atoms. The minimum atomic E-state index is 0.410. The Bertz CT molecular complexity index is 237. The molecule has 1 saturated heterocycles. The van der Waals surface area contributed by atoms with Crippen molar-refractivity contribution in [2.24, 2.45) is 5.92 Å². The minimum Gasteiger partial charge on any atom is -0.383 e. The Balaban J connectivity index is 2.39. The average molecular weight is 286 g/mol. The van der Waals surface area contributed by atoms with Gasteiger partial charge in [0, 0.05) is 32.8 Å². The Morgan fingerprint density at radius 3 is 2.75 bits per heavy atom. The molecule has 0 aliphatic carbocycles. The van der Waals surface area contributed by atoms with E-state index in [1.165, 1.54) is 19.4 Å². The summed E-state index contributed by atoms with van der Waals surface area (Å²) in [6, 6.07) is 0.465. The van der Waals surface area contributed by atoms with E-state index in [4.69, 9.17) is 9.47 Å². The van der Waals surface area contributed by atoms with E-state index in [9.17, 15) is 0 Å². The summed E-state index contributed by atoms with van der Waals surface area (Å²) in [4.78, 5) is 2.54. The van der Waals surface area contributed by atoms with Crippen LogP contribution in [0.25, 0.3) is 0 Å². The maximum absolute atomic E-state index is 5.93. The lowest BCUT2D eigenvalue weighted by Crippen LogP contribution is -2.51. The molecular weight excluding hydrogens is 252 g/mol. The third-order valence-electron chi connectivity index (χ3n) is 3.78. The van der Waals surface area contributed by atoms with Crippen LogP contribution in [0.5, 0.6) is 0 Å². The van der Waals surface area contributed by atoms with Gasteiger partial charge in [-0.2, -0.15) is 0 Å². The molecule has 1 rings (SSSR count). The monoisotopic (exact) mass is 286 g/mol. The predicted octanol–water partition coefficient (Wildman–Crippen LogP) is 2.14. The molecule has 0 aromatic carbocycles. The Kier molecular flexibility index (Phi) is 9.44. The van der Waals surface area contributed by atoms with Crippen molar-refractivity contribution >= 4 is 0 Å². The van der Waals surface area contributed by atoms with Gasteiger partial charge in [0.05, 0.1) is 12.7 Å². The van der Waals surface area contributed by atoms with Crippen LogP contribution < -0.4 is 5.32 Å². The molecule has 0 saturated carbocycles. The van der Waals surface area contributed by atoms with Gasteiger partial charge in [-0.25, -0.2) is 0 Å². The van der Waals surface area contributed by atoms with Crippen LogP contribution in [-0.2, 0) is 9.47 Å². The lowest BCUT2D eigenvalue weighted by molar-refractivity contribution is -0.0233. The maximum Gasteiger partial charge on any atom is 0.0702 e. The number of piperidine rings is 1. The van der Waals surface area contributed by atoms with Crippen LogP contribution in [0.1, 0.15) is 40.0 Å². The molecule has 1 aliphatic heterocycles. The number of rotatable bonds is 10. The zero-order chi connectivity index (χ0) is 14.8. The largest absolute Gasteiger partial charge is 0.383 e. The van der Waals surface area contributed by atoms with E-state index in [2.05, 4.69) is 31.0 Å². The van der Waals surface area contributed by atoms with E-state index in [-0.39, 0.29) is 0 Å². The topological polar surface area (TPSA) is 33.7 Å². The van der Waals surface area contributed by atoms with Gasteiger partial charge in [0.15, 0.2) is 0 Å². The molecule has 0 amide bonds. The molecule has 20 heavy (non-hydrogen) atoms. The van der Waals surface area contributed by atoms with Crippen LogP contribution in [-0.4, -0.2) is 63.5 Å². The molecule has 4 heteroatoms. The second-order valence-corrected chi connectivity index (χ2v) is 6.29. The van der Waals surface area contributed by atoms with E-state index in [0.29, 0.717) is 18.1 Å². The summed E-state index contributed by atoms with van der Waals surface area (Å²) in [7, 11) is 1.80. The first kappa shape index (κ1) is 17.9. The first-order valence-electron chi connectivity index (χ1n) is 8.22. The van der Waals surface area contributed by atoms with Gasteiger partial charge in [0.25, 0.3) is 0 Å². The van der Waals surface area contributed by atoms with Crippen LogP contribution in [0.4, 0.5) is 0 Å². The second kappa shape index (κ2) is 10.6. The Hall–Kier alpha value is -0.160. The highest BCUT2D eigenvalue weighted by Gasteiger charge is 2.26. The van der Waals surface area contributed by atoms with Crippen LogP contribution >= 0.6 is 0 Å². The molecule has 0 aromatic rings. The van der Waals surface area contributed by atoms with E-state index < -0.39 is 0 Å². The average Bonchev–Trinajstić information content (AvgIpc) is 2.44. The zero-order valence-corrected chi connectivity index (χ0v) is 13.9. The first-order chi connectivity index (χ1) is 9.67. The summed E-state index contributed by atoms with van der Waals surface area (Å²) in [5.74, 6) is 0.695. The van der Waals surface area contributed by atoms with Crippen molar-refractivity contribution in [3.8, 4) is 0 Å². The Morgan fingerprint density at radius 2 is 2.10 bits per heavy atom. The van der Waals surface area contributed by atoms with Crippen LogP contribution in [0.15, 0.2) is 0 Å². The Labute approximate surface area is 125 Å². The number of methoxy groups -OCH3 is 1. The summed E-state index contributed by atoms with van der Waals surface area (Å²) < 4.78 is 11.3. The summed E-state index contributed by atoms with van der Waals surface area (Å²) in [6.07, 6.45) is 3.95. The second-order valence-electron chi connectivity index (χ2n) is 6.29. The van der Waals surface area contributed by atoms with Crippen molar-refractivity contribution < 1.29 is 9.47 Å². The first-order valence-corrected chi connectivity index (χ1v) is 8.22. The normalized spacial score (nSPS) is 22.4. The zero-order valence-electron chi connectivity index (χ0n) is 13.9. The van der Waals surface area contributed by atoms with Gasteiger partial charge in [-0.3, -0.25) is 4.90 Å². The highest BCUT2D eigenvalue weighted by atomic mass is 16.5. The van der Waals surface area contributed by atoms with Crippen LogP contribution in [0.2, 0.25) is 0 Å². The summed E-state index contributed by atoms with van der Waals surface area (Å²) >= 11 is 0. The standard InChI is InChI=1S/C16H34N2O2/c1-5-9-20-16-7-6-8-18(12-16)15(13-19-4)11-17-10-14(2)3/h14-17H,5-13H2,1-4H3. The third-order valence-corrected chi connectivity index (χ3v) is 3.78. The van der Waals surface area contributed by atoms with E-state index in [1.807, 2.05) is 0 Å². The number of nitrogens with one attached hydrogen (secondary N) is 1. The molecule has 1 heterocycles. The van der Waals surface area contributed by atoms with Crippen molar-refractivity contribution in [3.05, 3.63) is 0 Å². The van der Waals surface area contributed by atoms with Gasteiger partial charge >= 0.3 is 0 Å². The van der Waals surface area contributed by atoms with Crippen LogP contribution in [0, 0.1) is 5.92 Å². The smallest absolute Gasteiger partial charge is 0.0702 e.